The average Bonchev–Trinajstić information content (AvgIpc) is 2.58. The molecule has 2 heteroatoms. The minimum atomic E-state index is 0.841. The summed E-state index contributed by atoms with van der Waals surface area (Å²) in [4.78, 5) is 4.56. The maximum atomic E-state index is 4.56. The van der Waals surface area contributed by atoms with Crippen LogP contribution in [0, 0.1) is 11.8 Å². The van der Waals surface area contributed by atoms with Crippen molar-refractivity contribution in [2.24, 2.45) is 16.8 Å². The lowest BCUT2D eigenvalue weighted by Crippen LogP contribution is -2.17. The van der Waals surface area contributed by atoms with E-state index < -0.39 is 0 Å². The van der Waals surface area contributed by atoms with Crippen molar-refractivity contribution in [3.63, 3.8) is 0 Å². The molecule has 1 aliphatic carbocycles. The highest BCUT2D eigenvalue weighted by Crippen LogP contribution is 2.33. The van der Waals surface area contributed by atoms with Gasteiger partial charge in [0.1, 0.15) is 0 Å². The van der Waals surface area contributed by atoms with Crippen molar-refractivity contribution < 1.29 is 0 Å². The van der Waals surface area contributed by atoms with Crippen LogP contribution in [-0.4, -0.2) is 17.3 Å². The summed E-state index contributed by atoms with van der Waals surface area (Å²) >= 11 is 2.00. The molecule has 1 heterocycles. The van der Waals surface area contributed by atoms with Crippen LogP contribution >= 0.6 is 11.8 Å². The van der Waals surface area contributed by atoms with E-state index in [9.17, 15) is 0 Å². The Morgan fingerprint density at radius 2 is 2.00 bits per heavy atom. The fourth-order valence-electron chi connectivity index (χ4n) is 2.11. The van der Waals surface area contributed by atoms with E-state index in [1.54, 1.807) is 0 Å². The van der Waals surface area contributed by atoms with E-state index in [0.29, 0.717) is 0 Å². The second-order valence-corrected chi connectivity index (χ2v) is 5.14. The number of hydrogen-bond acceptors (Lipinski definition) is 2. The molecule has 0 spiro atoms. The summed E-state index contributed by atoms with van der Waals surface area (Å²) in [5, 5.41) is 1.47. The molecule has 0 aromatic carbocycles. The standard InChI is InChI=1S/C10H17NS/c1-8-2-4-9(5-3-8)10-11-6-7-12-10/h8-9H,2-7H2,1H3. The maximum absolute atomic E-state index is 4.56. The number of nitrogens with zero attached hydrogens (tertiary/aromatic N) is 1. The predicted molar refractivity (Wildman–Crippen MR) is 55.9 cm³/mol. The van der Waals surface area contributed by atoms with Crippen LogP contribution in [0.3, 0.4) is 0 Å². The first-order chi connectivity index (χ1) is 5.86. The molecule has 0 saturated heterocycles. The van der Waals surface area contributed by atoms with Crippen molar-refractivity contribution in [1.29, 1.82) is 0 Å². The Morgan fingerprint density at radius 3 is 2.58 bits per heavy atom. The molecule has 0 atom stereocenters. The van der Waals surface area contributed by atoms with E-state index in [2.05, 4.69) is 11.9 Å². The average molecular weight is 183 g/mol. The summed E-state index contributed by atoms with van der Waals surface area (Å²) in [5.41, 5.74) is 0. The van der Waals surface area contributed by atoms with Gasteiger partial charge >= 0.3 is 0 Å². The highest BCUT2D eigenvalue weighted by atomic mass is 32.2. The van der Waals surface area contributed by atoms with E-state index >= 15 is 0 Å². The Morgan fingerprint density at radius 1 is 1.25 bits per heavy atom. The molecule has 2 rings (SSSR count). The van der Waals surface area contributed by atoms with Gasteiger partial charge in [-0.3, -0.25) is 4.99 Å². The van der Waals surface area contributed by atoms with Crippen molar-refractivity contribution in [3.8, 4) is 0 Å². The van der Waals surface area contributed by atoms with Crippen LogP contribution in [0.4, 0.5) is 0 Å². The summed E-state index contributed by atoms with van der Waals surface area (Å²) in [6, 6.07) is 0. The molecule has 2 aliphatic rings. The quantitative estimate of drug-likeness (QED) is 0.609. The Balaban J connectivity index is 1.88. The summed E-state index contributed by atoms with van der Waals surface area (Å²) in [6.07, 6.45) is 5.63. The third-order valence-electron chi connectivity index (χ3n) is 2.97. The molecule has 0 bridgehead atoms. The zero-order valence-corrected chi connectivity index (χ0v) is 8.57. The molecule has 1 aliphatic heterocycles. The zero-order valence-electron chi connectivity index (χ0n) is 7.75. The summed E-state index contributed by atoms with van der Waals surface area (Å²) in [5.74, 6) is 3.04. The lowest BCUT2D eigenvalue weighted by Gasteiger charge is -2.25. The highest BCUT2D eigenvalue weighted by molar-refractivity contribution is 8.14. The van der Waals surface area contributed by atoms with Crippen LogP contribution in [0.2, 0.25) is 0 Å². The van der Waals surface area contributed by atoms with Gasteiger partial charge in [-0.2, -0.15) is 0 Å². The van der Waals surface area contributed by atoms with Gasteiger partial charge in [0.25, 0.3) is 0 Å². The molecule has 12 heavy (non-hydrogen) atoms. The van der Waals surface area contributed by atoms with Gasteiger partial charge in [-0.1, -0.05) is 19.8 Å². The Bertz CT molecular complexity index is 180. The Hall–Kier alpha value is 0.0200. The third kappa shape index (κ3) is 1.85. The number of hydrogen-bond donors (Lipinski definition) is 0. The second-order valence-electron chi connectivity index (χ2n) is 4.03. The molecular weight excluding hydrogens is 166 g/mol. The van der Waals surface area contributed by atoms with Crippen LogP contribution in [0.1, 0.15) is 32.6 Å². The summed E-state index contributed by atoms with van der Waals surface area (Å²) < 4.78 is 0. The highest BCUT2D eigenvalue weighted by Gasteiger charge is 2.24. The Labute approximate surface area is 79.0 Å². The molecule has 1 nitrogen and oxygen atoms in total. The summed E-state index contributed by atoms with van der Waals surface area (Å²) in [6.45, 7) is 3.45. The van der Waals surface area contributed by atoms with Crippen LogP contribution in [0.25, 0.3) is 0 Å². The van der Waals surface area contributed by atoms with Crippen LogP contribution < -0.4 is 0 Å². The molecule has 0 unspecified atom stereocenters. The SMILES string of the molecule is CC1CCC(C2=NCCS2)CC1. The van der Waals surface area contributed by atoms with E-state index in [4.69, 9.17) is 0 Å². The van der Waals surface area contributed by atoms with Crippen LogP contribution in [-0.2, 0) is 0 Å². The topological polar surface area (TPSA) is 12.4 Å². The zero-order chi connectivity index (χ0) is 8.39. The molecule has 0 aromatic rings. The molecule has 0 radical (unpaired) electrons. The predicted octanol–water partition coefficient (Wildman–Crippen LogP) is 2.96. The Kier molecular flexibility index (Phi) is 2.74. The van der Waals surface area contributed by atoms with E-state index in [-0.39, 0.29) is 0 Å². The van der Waals surface area contributed by atoms with Crippen LogP contribution in [0.15, 0.2) is 4.99 Å². The van der Waals surface area contributed by atoms with E-state index in [1.165, 1.54) is 36.5 Å². The molecule has 0 amide bonds. The molecule has 1 fully saturated rings. The lowest BCUT2D eigenvalue weighted by molar-refractivity contribution is 0.346. The molecule has 68 valence electrons. The minimum Gasteiger partial charge on any atom is -0.282 e. The van der Waals surface area contributed by atoms with E-state index in [1.807, 2.05) is 11.8 Å². The van der Waals surface area contributed by atoms with Crippen molar-refractivity contribution in [3.05, 3.63) is 0 Å². The number of rotatable bonds is 1. The van der Waals surface area contributed by atoms with Crippen molar-refractivity contribution in [2.45, 2.75) is 32.6 Å². The number of aliphatic imine (C=N–C) groups is 1. The monoisotopic (exact) mass is 183 g/mol. The first kappa shape index (κ1) is 8.61. The van der Waals surface area contributed by atoms with Crippen molar-refractivity contribution in [1.82, 2.24) is 0 Å². The molecule has 1 saturated carbocycles. The van der Waals surface area contributed by atoms with Crippen molar-refractivity contribution >= 4 is 16.8 Å². The lowest BCUT2D eigenvalue weighted by atomic mass is 9.83. The van der Waals surface area contributed by atoms with Gasteiger partial charge in [0.05, 0.1) is 5.04 Å². The first-order valence-electron chi connectivity index (χ1n) is 5.03. The normalized spacial score (nSPS) is 36.6. The van der Waals surface area contributed by atoms with Crippen molar-refractivity contribution in [2.75, 3.05) is 12.3 Å². The first-order valence-corrected chi connectivity index (χ1v) is 6.02. The third-order valence-corrected chi connectivity index (χ3v) is 4.12. The second kappa shape index (κ2) is 3.82. The van der Waals surface area contributed by atoms with Gasteiger partial charge in [0.2, 0.25) is 0 Å². The fraction of sp³-hybridized carbons (Fsp3) is 0.900. The summed E-state index contributed by atoms with van der Waals surface area (Å²) in [7, 11) is 0. The van der Waals surface area contributed by atoms with Gasteiger partial charge in [0, 0.05) is 18.2 Å². The van der Waals surface area contributed by atoms with Gasteiger partial charge in [0.15, 0.2) is 0 Å². The fourth-order valence-corrected chi connectivity index (χ4v) is 3.15. The van der Waals surface area contributed by atoms with Gasteiger partial charge < -0.3 is 0 Å². The molecule has 0 N–H and O–H groups in total. The van der Waals surface area contributed by atoms with Gasteiger partial charge in [-0.25, -0.2) is 0 Å². The van der Waals surface area contributed by atoms with Gasteiger partial charge in [-0.05, 0) is 18.8 Å². The van der Waals surface area contributed by atoms with Crippen LogP contribution in [0.5, 0.6) is 0 Å². The minimum absolute atomic E-state index is 0.841. The smallest absolute Gasteiger partial charge is 0.0707 e. The molecular formula is C10H17NS. The number of thioether (sulfide) groups is 1. The maximum Gasteiger partial charge on any atom is 0.0707 e. The van der Waals surface area contributed by atoms with Gasteiger partial charge in [-0.15, -0.1) is 11.8 Å². The largest absolute Gasteiger partial charge is 0.282 e. The van der Waals surface area contributed by atoms with E-state index in [0.717, 1.165) is 18.4 Å². The molecule has 0 aromatic heterocycles.